The van der Waals surface area contributed by atoms with Gasteiger partial charge in [-0.05, 0) is 36.5 Å². The first-order valence-electron chi connectivity index (χ1n) is 5.40. The molecule has 0 aromatic carbocycles. The van der Waals surface area contributed by atoms with Crippen LogP contribution in [0.3, 0.4) is 0 Å². The lowest BCUT2D eigenvalue weighted by atomic mass is 9.77. The number of imide groups is 1. The van der Waals surface area contributed by atoms with Crippen molar-refractivity contribution in [1.29, 1.82) is 0 Å². The summed E-state index contributed by atoms with van der Waals surface area (Å²) < 4.78 is 0. The molecule has 2 N–H and O–H groups in total. The molecule has 3 amide bonds. The Morgan fingerprint density at radius 3 is 2.94 bits per heavy atom. The Morgan fingerprint density at radius 1 is 1.41 bits per heavy atom. The number of nitrogens with one attached hydrogen (secondary N) is 2. The summed E-state index contributed by atoms with van der Waals surface area (Å²) in [5.41, 5.74) is 0.794. The largest absolute Gasteiger partial charge is 0.322 e. The van der Waals surface area contributed by atoms with Crippen molar-refractivity contribution in [2.75, 3.05) is 0 Å². The van der Waals surface area contributed by atoms with E-state index in [-0.39, 0.29) is 5.91 Å². The second-order valence-corrected chi connectivity index (χ2v) is 4.72. The van der Waals surface area contributed by atoms with Gasteiger partial charge in [0.05, 0.1) is 0 Å². The minimum Gasteiger partial charge on any atom is -0.319 e. The summed E-state index contributed by atoms with van der Waals surface area (Å²) in [5.74, 6) is -0.300. The monoisotopic (exact) mass is 251 g/mol. The predicted octanol–water partition coefficient (Wildman–Crippen LogP) is 1.11. The van der Waals surface area contributed by atoms with Gasteiger partial charge in [0.2, 0.25) is 0 Å². The molecule has 1 aliphatic heterocycles. The Labute approximate surface area is 103 Å². The number of carbonyl (C=O) groups excluding carboxylic acids is 2. The van der Waals surface area contributed by atoms with E-state index in [1.54, 1.807) is 12.3 Å². The van der Waals surface area contributed by atoms with Crippen LogP contribution in [-0.4, -0.2) is 16.9 Å². The Hall–Kier alpha value is -1.62. The van der Waals surface area contributed by atoms with E-state index in [1.165, 1.54) is 0 Å². The zero-order chi connectivity index (χ0) is 12.0. The van der Waals surface area contributed by atoms with E-state index >= 15 is 0 Å². The molecule has 0 bridgehead atoms. The minimum atomic E-state index is -0.947. The predicted molar refractivity (Wildman–Crippen MR) is 60.5 cm³/mol. The molecule has 1 aromatic heterocycles. The summed E-state index contributed by atoms with van der Waals surface area (Å²) in [4.78, 5) is 27.3. The molecule has 0 saturated carbocycles. The third-order valence-corrected chi connectivity index (χ3v) is 3.56. The zero-order valence-electron chi connectivity index (χ0n) is 8.92. The molecule has 1 fully saturated rings. The molecule has 1 unspecified atom stereocenters. The number of aromatic nitrogens is 1. The standard InChI is InChI=1S/C11H10ClN3O2/c12-8-4-7-6(5-13-8)2-1-3-11(7)9(16)14-10(17)15-11/h4-5H,1-3H2,(H2,14,15,16,17). The molecule has 3 rings (SSSR count). The highest BCUT2D eigenvalue weighted by Crippen LogP contribution is 2.38. The summed E-state index contributed by atoms with van der Waals surface area (Å²) in [7, 11) is 0. The number of halogens is 1. The average molecular weight is 252 g/mol. The molecule has 1 saturated heterocycles. The van der Waals surface area contributed by atoms with Crippen LogP contribution in [0.5, 0.6) is 0 Å². The van der Waals surface area contributed by atoms with Crippen LogP contribution in [0.1, 0.15) is 24.0 Å². The lowest BCUT2D eigenvalue weighted by molar-refractivity contribution is -0.124. The number of hydrogen-bond donors (Lipinski definition) is 2. The molecule has 1 atom stereocenters. The van der Waals surface area contributed by atoms with Crippen LogP contribution in [0.25, 0.3) is 0 Å². The summed E-state index contributed by atoms with van der Waals surface area (Å²) >= 11 is 5.87. The van der Waals surface area contributed by atoms with E-state index in [2.05, 4.69) is 15.6 Å². The van der Waals surface area contributed by atoms with Gasteiger partial charge in [0.15, 0.2) is 0 Å². The summed E-state index contributed by atoms with van der Waals surface area (Å²) in [6.45, 7) is 0. The van der Waals surface area contributed by atoms with Crippen LogP contribution >= 0.6 is 11.6 Å². The van der Waals surface area contributed by atoms with Crippen LogP contribution in [0.4, 0.5) is 4.79 Å². The van der Waals surface area contributed by atoms with Gasteiger partial charge in [-0.25, -0.2) is 9.78 Å². The van der Waals surface area contributed by atoms with Crippen molar-refractivity contribution < 1.29 is 9.59 Å². The van der Waals surface area contributed by atoms with E-state index in [0.29, 0.717) is 11.6 Å². The molecular weight excluding hydrogens is 242 g/mol. The maximum Gasteiger partial charge on any atom is 0.322 e. The fraction of sp³-hybridized carbons (Fsp3) is 0.364. The van der Waals surface area contributed by atoms with Gasteiger partial charge in [-0.3, -0.25) is 10.1 Å². The van der Waals surface area contributed by atoms with Gasteiger partial charge >= 0.3 is 6.03 Å². The first kappa shape index (κ1) is 10.5. The smallest absolute Gasteiger partial charge is 0.319 e. The van der Waals surface area contributed by atoms with Crippen molar-refractivity contribution in [3.05, 3.63) is 28.5 Å². The SMILES string of the molecule is O=C1NC(=O)C2(CCCc3cnc(Cl)cc32)N1. The molecule has 0 radical (unpaired) electrons. The topological polar surface area (TPSA) is 71.1 Å². The van der Waals surface area contributed by atoms with E-state index in [1.807, 2.05) is 0 Å². The Bertz CT molecular complexity index is 531. The quantitative estimate of drug-likeness (QED) is 0.536. The minimum absolute atomic E-state index is 0.300. The van der Waals surface area contributed by atoms with Crippen molar-refractivity contribution in [3.63, 3.8) is 0 Å². The average Bonchev–Trinajstić information content (AvgIpc) is 2.56. The Balaban J connectivity index is 2.19. The van der Waals surface area contributed by atoms with E-state index in [9.17, 15) is 9.59 Å². The molecule has 6 heteroatoms. The number of hydrogen-bond acceptors (Lipinski definition) is 3. The second kappa shape index (κ2) is 3.43. The maximum absolute atomic E-state index is 12.0. The zero-order valence-corrected chi connectivity index (χ0v) is 9.67. The third-order valence-electron chi connectivity index (χ3n) is 3.35. The molecule has 2 aliphatic rings. The van der Waals surface area contributed by atoms with Crippen molar-refractivity contribution in [2.45, 2.75) is 24.8 Å². The van der Waals surface area contributed by atoms with Crippen molar-refractivity contribution in [1.82, 2.24) is 15.6 Å². The van der Waals surface area contributed by atoms with Gasteiger partial charge in [-0.15, -0.1) is 0 Å². The van der Waals surface area contributed by atoms with Crippen LogP contribution in [0.2, 0.25) is 5.15 Å². The van der Waals surface area contributed by atoms with Crippen LogP contribution in [0.15, 0.2) is 12.3 Å². The molecule has 2 heterocycles. The lowest BCUT2D eigenvalue weighted by Crippen LogP contribution is -2.46. The molecule has 1 aliphatic carbocycles. The summed E-state index contributed by atoms with van der Waals surface area (Å²) in [6, 6.07) is 1.22. The highest BCUT2D eigenvalue weighted by Gasteiger charge is 2.49. The number of carbonyl (C=O) groups is 2. The highest BCUT2D eigenvalue weighted by molar-refractivity contribution is 6.29. The summed E-state index contributed by atoms with van der Waals surface area (Å²) in [6.07, 6.45) is 3.96. The first-order chi connectivity index (χ1) is 8.12. The third kappa shape index (κ3) is 1.42. The second-order valence-electron chi connectivity index (χ2n) is 4.33. The fourth-order valence-electron chi connectivity index (χ4n) is 2.59. The van der Waals surface area contributed by atoms with Gasteiger partial charge in [0, 0.05) is 6.20 Å². The van der Waals surface area contributed by atoms with Crippen molar-refractivity contribution in [3.8, 4) is 0 Å². The van der Waals surface area contributed by atoms with Gasteiger partial charge < -0.3 is 5.32 Å². The van der Waals surface area contributed by atoms with Crippen LogP contribution in [-0.2, 0) is 16.8 Å². The molecule has 88 valence electrons. The van der Waals surface area contributed by atoms with Crippen molar-refractivity contribution in [2.24, 2.45) is 0 Å². The van der Waals surface area contributed by atoms with Crippen LogP contribution < -0.4 is 10.6 Å². The fourth-order valence-corrected chi connectivity index (χ4v) is 2.75. The van der Waals surface area contributed by atoms with Gasteiger partial charge in [0.1, 0.15) is 10.7 Å². The maximum atomic E-state index is 12.0. The summed E-state index contributed by atoms with van der Waals surface area (Å²) in [5, 5.41) is 5.33. The van der Waals surface area contributed by atoms with E-state index in [4.69, 9.17) is 11.6 Å². The van der Waals surface area contributed by atoms with Gasteiger partial charge in [0.25, 0.3) is 5.91 Å². The molecular formula is C11H10ClN3O2. The number of rotatable bonds is 0. The normalized spacial score (nSPS) is 26.6. The molecule has 1 spiro atoms. The Kier molecular flexibility index (Phi) is 2.13. The first-order valence-corrected chi connectivity index (χ1v) is 5.78. The van der Waals surface area contributed by atoms with Crippen molar-refractivity contribution >= 4 is 23.5 Å². The lowest BCUT2D eigenvalue weighted by Gasteiger charge is -2.32. The van der Waals surface area contributed by atoms with Crippen LogP contribution in [0, 0.1) is 0 Å². The number of fused-ring (bicyclic) bond motifs is 2. The van der Waals surface area contributed by atoms with E-state index in [0.717, 1.165) is 24.0 Å². The number of urea groups is 1. The molecule has 17 heavy (non-hydrogen) atoms. The number of pyridine rings is 1. The Morgan fingerprint density at radius 2 is 2.24 bits per heavy atom. The number of nitrogens with zero attached hydrogens (tertiary/aromatic N) is 1. The molecule has 5 nitrogen and oxygen atoms in total. The van der Waals surface area contributed by atoms with Gasteiger partial charge in [-0.1, -0.05) is 11.6 Å². The molecule has 1 aromatic rings. The van der Waals surface area contributed by atoms with Gasteiger partial charge in [-0.2, -0.15) is 0 Å². The number of amides is 3. The highest BCUT2D eigenvalue weighted by atomic mass is 35.5. The van der Waals surface area contributed by atoms with E-state index < -0.39 is 11.6 Å². The number of aryl methyl sites for hydroxylation is 1.